The molecule has 0 aromatic heterocycles. The number of benzene rings is 1. The summed E-state index contributed by atoms with van der Waals surface area (Å²) in [7, 11) is 0. The van der Waals surface area contributed by atoms with Gasteiger partial charge in [0.2, 0.25) is 5.91 Å². The van der Waals surface area contributed by atoms with Gasteiger partial charge < -0.3 is 15.7 Å². The number of rotatable bonds is 5. The van der Waals surface area contributed by atoms with Gasteiger partial charge in [0.25, 0.3) is 5.91 Å². The highest BCUT2D eigenvalue weighted by atomic mass is 79.9. The monoisotopic (exact) mass is 314 g/mol. The lowest BCUT2D eigenvalue weighted by Crippen LogP contribution is -2.37. The van der Waals surface area contributed by atoms with Crippen LogP contribution in [0, 0.1) is 0 Å². The van der Waals surface area contributed by atoms with Gasteiger partial charge in [0.05, 0.1) is 11.0 Å². The lowest BCUT2D eigenvalue weighted by molar-refractivity contribution is -0.120. The zero-order chi connectivity index (χ0) is 13.5. The van der Waals surface area contributed by atoms with Crippen LogP contribution >= 0.6 is 15.9 Å². The Hall–Kier alpha value is -1.56. The van der Waals surface area contributed by atoms with Crippen molar-refractivity contribution < 1.29 is 14.7 Å². The van der Waals surface area contributed by atoms with Crippen molar-refractivity contribution in [2.45, 2.75) is 13.3 Å². The number of carbonyl (C=O) groups is 2. The first kappa shape index (κ1) is 14.5. The van der Waals surface area contributed by atoms with Gasteiger partial charge in [0.1, 0.15) is 5.75 Å². The first-order chi connectivity index (χ1) is 8.54. The zero-order valence-electron chi connectivity index (χ0n) is 10.00. The molecule has 5 nitrogen and oxygen atoms in total. The van der Waals surface area contributed by atoms with Gasteiger partial charge in [-0.1, -0.05) is 6.92 Å². The van der Waals surface area contributed by atoms with Gasteiger partial charge in [-0.2, -0.15) is 0 Å². The molecule has 1 aromatic rings. The number of hydrogen-bond acceptors (Lipinski definition) is 3. The molecule has 0 atom stereocenters. The predicted molar refractivity (Wildman–Crippen MR) is 71.4 cm³/mol. The van der Waals surface area contributed by atoms with Crippen LogP contribution in [0.1, 0.15) is 23.7 Å². The van der Waals surface area contributed by atoms with E-state index in [0.29, 0.717) is 16.6 Å². The lowest BCUT2D eigenvalue weighted by Gasteiger charge is -2.06. The fourth-order valence-corrected chi connectivity index (χ4v) is 1.49. The molecule has 0 bridgehead atoms. The van der Waals surface area contributed by atoms with Gasteiger partial charge in [-0.25, -0.2) is 0 Å². The van der Waals surface area contributed by atoms with Crippen LogP contribution in [-0.4, -0.2) is 30.0 Å². The van der Waals surface area contributed by atoms with Crippen molar-refractivity contribution in [2.24, 2.45) is 0 Å². The lowest BCUT2D eigenvalue weighted by atomic mass is 10.2. The van der Waals surface area contributed by atoms with Crippen LogP contribution in [0.25, 0.3) is 0 Å². The average molecular weight is 315 g/mol. The molecule has 0 radical (unpaired) electrons. The third-order valence-electron chi connectivity index (χ3n) is 2.19. The van der Waals surface area contributed by atoms with E-state index in [1.165, 1.54) is 6.07 Å². The summed E-state index contributed by atoms with van der Waals surface area (Å²) in [4.78, 5) is 22.9. The Morgan fingerprint density at radius 1 is 1.33 bits per heavy atom. The molecule has 3 N–H and O–H groups in total. The number of amides is 2. The highest BCUT2D eigenvalue weighted by molar-refractivity contribution is 9.10. The van der Waals surface area contributed by atoms with Crippen LogP contribution in [0.3, 0.4) is 0 Å². The van der Waals surface area contributed by atoms with E-state index in [9.17, 15) is 14.7 Å². The highest BCUT2D eigenvalue weighted by Gasteiger charge is 2.09. The average Bonchev–Trinajstić information content (AvgIpc) is 2.36. The molecular weight excluding hydrogens is 300 g/mol. The first-order valence-corrected chi connectivity index (χ1v) is 6.37. The topological polar surface area (TPSA) is 78.4 Å². The number of hydrogen-bond donors (Lipinski definition) is 3. The maximum absolute atomic E-state index is 11.7. The van der Waals surface area contributed by atoms with E-state index in [1.54, 1.807) is 12.1 Å². The van der Waals surface area contributed by atoms with Crippen molar-refractivity contribution in [2.75, 3.05) is 13.1 Å². The summed E-state index contributed by atoms with van der Waals surface area (Å²) in [5.74, 6) is -0.644. The standard InChI is InChI=1S/C12H15BrN2O3/c1-2-5-14-11(17)7-15-12(18)8-3-4-9(13)10(16)6-8/h3-4,6,16H,2,5,7H2,1H3,(H,14,17)(H,15,18). The fourth-order valence-electron chi connectivity index (χ4n) is 1.24. The zero-order valence-corrected chi connectivity index (χ0v) is 11.6. The molecule has 2 amide bonds. The van der Waals surface area contributed by atoms with E-state index in [2.05, 4.69) is 26.6 Å². The van der Waals surface area contributed by atoms with E-state index in [-0.39, 0.29) is 18.2 Å². The molecule has 0 aliphatic heterocycles. The number of phenolic OH excluding ortho intramolecular Hbond substituents is 1. The summed E-state index contributed by atoms with van der Waals surface area (Å²) in [6.45, 7) is 2.47. The Kier molecular flexibility index (Phi) is 5.64. The molecule has 18 heavy (non-hydrogen) atoms. The van der Waals surface area contributed by atoms with Crippen LogP contribution in [0.15, 0.2) is 22.7 Å². The van der Waals surface area contributed by atoms with Gasteiger partial charge in [-0.15, -0.1) is 0 Å². The third kappa shape index (κ3) is 4.37. The molecular formula is C12H15BrN2O3. The Labute approximate surface area is 114 Å². The maximum atomic E-state index is 11.7. The van der Waals surface area contributed by atoms with Crippen molar-refractivity contribution in [3.8, 4) is 5.75 Å². The number of halogens is 1. The number of nitrogens with one attached hydrogen (secondary N) is 2. The Bertz CT molecular complexity index is 449. The Balaban J connectivity index is 2.50. The molecule has 0 aliphatic carbocycles. The summed E-state index contributed by atoms with van der Waals surface area (Å²) in [5.41, 5.74) is 0.305. The molecule has 1 aromatic carbocycles. The minimum absolute atomic E-state index is 0.0157. The second-order valence-corrected chi connectivity index (χ2v) is 4.55. The highest BCUT2D eigenvalue weighted by Crippen LogP contribution is 2.24. The maximum Gasteiger partial charge on any atom is 0.251 e. The quantitative estimate of drug-likeness (QED) is 0.769. The fraction of sp³-hybridized carbons (Fsp3) is 0.333. The second-order valence-electron chi connectivity index (χ2n) is 3.70. The third-order valence-corrected chi connectivity index (χ3v) is 2.86. The summed E-state index contributed by atoms with van der Waals surface area (Å²) < 4.78 is 0.514. The molecule has 0 fully saturated rings. The van der Waals surface area contributed by atoms with Crippen LogP contribution in [0.2, 0.25) is 0 Å². The smallest absolute Gasteiger partial charge is 0.251 e. The van der Waals surface area contributed by atoms with Gasteiger partial charge >= 0.3 is 0 Å². The number of phenols is 1. The van der Waals surface area contributed by atoms with Gasteiger partial charge in [0, 0.05) is 12.1 Å². The van der Waals surface area contributed by atoms with Crippen molar-refractivity contribution in [3.63, 3.8) is 0 Å². The Morgan fingerprint density at radius 2 is 2.06 bits per heavy atom. The summed E-state index contributed by atoms with van der Waals surface area (Å²) >= 11 is 3.12. The second kappa shape index (κ2) is 7.00. The summed E-state index contributed by atoms with van der Waals surface area (Å²) in [5, 5.41) is 14.6. The van der Waals surface area contributed by atoms with E-state index in [0.717, 1.165) is 6.42 Å². The molecule has 0 unspecified atom stereocenters. The predicted octanol–water partition coefficient (Wildman–Crippen LogP) is 1.41. The minimum Gasteiger partial charge on any atom is -0.507 e. The van der Waals surface area contributed by atoms with E-state index in [4.69, 9.17) is 0 Å². The molecule has 6 heteroatoms. The normalized spacial score (nSPS) is 9.89. The molecule has 0 saturated carbocycles. The van der Waals surface area contributed by atoms with Crippen LogP contribution in [-0.2, 0) is 4.79 Å². The van der Waals surface area contributed by atoms with Crippen LogP contribution in [0.5, 0.6) is 5.75 Å². The largest absolute Gasteiger partial charge is 0.507 e. The van der Waals surface area contributed by atoms with E-state index >= 15 is 0 Å². The number of carbonyl (C=O) groups excluding carboxylic acids is 2. The minimum atomic E-state index is -0.399. The van der Waals surface area contributed by atoms with E-state index < -0.39 is 5.91 Å². The van der Waals surface area contributed by atoms with Gasteiger partial charge in [-0.3, -0.25) is 9.59 Å². The molecule has 0 aliphatic rings. The van der Waals surface area contributed by atoms with Gasteiger partial charge in [0.15, 0.2) is 0 Å². The molecule has 0 saturated heterocycles. The molecule has 0 heterocycles. The van der Waals surface area contributed by atoms with Crippen molar-refractivity contribution in [3.05, 3.63) is 28.2 Å². The summed E-state index contributed by atoms with van der Waals surface area (Å²) in [6.07, 6.45) is 0.847. The van der Waals surface area contributed by atoms with E-state index in [1.807, 2.05) is 6.92 Å². The SMILES string of the molecule is CCCNC(=O)CNC(=O)c1ccc(Br)c(O)c1. The van der Waals surface area contributed by atoms with Crippen LogP contribution < -0.4 is 10.6 Å². The molecule has 98 valence electrons. The number of aromatic hydroxyl groups is 1. The van der Waals surface area contributed by atoms with Crippen molar-refractivity contribution in [1.29, 1.82) is 0 Å². The molecule has 1 rings (SSSR count). The summed E-state index contributed by atoms with van der Waals surface area (Å²) in [6, 6.07) is 4.47. The van der Waals surface area contributed by atoms with Crippen LogP contribution in [0.4, 0.5) is 0 Å². The van der Waals surface area contributed by atoms with Crippen molar-refractivity contribution in [1.82, 2.24) is 10.6 Å². The Morgan fingerprint density at radius 3 is 2.67 bits per heavy atom. The van der Waals surface area contributed by atoms with Gasteiger partial charge in [-0.05, 0) is 40.5 Å². The van der Waals surface area contributed by atoms with Crippen molar-refractivity contribution >= 4 is 27.7 Å². The molecule has 0 spiro atoms. The first-order valence-electron chi connectivity index (χ1n) is 5.58.